The minimum absolute atomic E-state index is 0.00757. The lowest BCUT2D eigenvalue weighted by molar-refractivity contribution is -0.114. The van der Waals surface area contributed by atoms with Gasteiger partial charge in [-0.1, -0.05) is 23.3 Å². The molecular formula is C18H21N5O2. The summed E-state index contributed by atoms with van der Waals surface area (Å²) in [6.45, 7) is 3.45. The van der Waals surface area contributed by atoms with Gasteiger partial charge in [0.2, 0.25) is 5.95 Å². The summed E-state index contributed by atoms with van der Waals surface area (Å²) >= 11 is 0. The summed E-state index contributed by atoms with van der Waals surface area (Å²) in [6, 6.07) is 7.48. The van der Waals surface area contributed by atoms with Crippen LogP contribution in [0.3, 0.4) is 0 Å². The molecule has 2 aromatic rings. The molecule has 1 aliphatic heterocycles. The Labute approximate surface area is 146 Å². The molecule has 1 N–H and O–H groups in total. The average molecular weight is 339 g/mol. The Hall–Kier alpha value is -2.70. The highest BCUT2D eigenvalue weighted by atomic mass is 16.5. The van der Waals surface area contributed by atoms with Gasteiger partial charge in [-0.2, -0.15) is 4.68 Å². The zero-order chi connectivity index (χ0) is 17.4. The van der Waals surface area contributed by atoms with Crippen molar-refractivity contribution in [2.24, 2.45) is 0 Å². The maximum Gasteiger partial charge on any atom is 0.248 e. The number of rotatable bonds is 4. The summed E-state index contributed by atoms with van der Waals surface area (Å²) in [5.41, 5.74) is 2.34. The van der Waals surface area contributed by atoms with Crippen LogP contribution in [0.5, 0.6) is 5.75 Å². The molecule has 1 aliphatic carbocycles. The molecule has 0 radical (unpaired) electrons. The van der Waals surface area contributed by atoms with E-state index in [1.807, 2.05) is 31.2 Å². The largest absolute Gasteiger partial charge is 0.490 e. The highest BCUT2D eigenvalue weighted by Crippen LogP contribution is 2.39. The third kappa shape index (κ3) is 2.79. The first-order chi connectivity index (χ1) is 12.1. The molecule has 0 saturated heterocycles. The van der Waals surface area contributed by atoms with Crippen LogP contribution in [0.2, 0.25) is 0 Å². The molecule has 25 heavy (non-hydrogen) atoms. The van der Waals surface area contributed by atoms with Gasteiger partial charge >= 0.3 is 0 Å². The molecular weight excluding hydrogens is 318 g/mol. The van der Waals surface area contributed by atoms with E-state index >= 15 is 0 Å². The van der Waals surface area contributed by atoms with Gasteiger partial charge in [-0.15, -0.1) is 0 Å². The van der Waals surface area contributed by atoms with Gasteiger partial charge in [0.25, 0.3) is 0 Å². The summed E-state index contributed by atoms with van der Waals surface area (Å²) in [7, 11) is 0. The SMILES string of the molecule is CC(=O)C1=C(C)Nc2nnnn2[C@@H]1c1ccccc1OC1CCCC1. The maximum atomic E-state index is 12.4. The van der Waals surface area contributed by atoms with Crippen molar-refractivity contribution in [1.29, 1.82) is 0 Å². The molecule has 1 aromatic carbocycles. The highest BCUT2D eigenvalue weighted by Gasteiger charge is 2.34. The topological polar surface area (TPSA) is 81.9 Å². The van der Waals surface area contributed by atoms with E-state index in [9.17, 15) is 4.79 Å². The van der Waals surface area contributed by atoms with Gasteiger partial charge in [0.15, 0.2) is 5.78 Å². The molecule has 0 unspecified atom stereocenters. The number of anilines is 1. The van der Waals surface area contributed by atoms with E-state index in [-0.39, 0.29) is 17.9 Å². The van der Waals surface area contributed by atoms with Gasteiger partial charge in [0, 0.05) is 16.8 Å². The summed E-state index contributed by atoms with van der Waals surface area (Å²) in [5.74, 6) is 1.32. The highest BCUT2D eigenvalue weighted by molar-refractivity contribution is 5.96. The molecule has 7 nitrogen and oxygen atoms in total. The number of ketones is 1. The predicted octanol–water partition coefficient (Wildman–Crippen LogP) is 2.87. The van der Waals surface area contributed by atoms with Crippen molar-refractivity contribution >= 4 is 11.7 Å². The minimum Gasteiger partial charge on any atom is -0.490 e. The van der Waals surface area contributed by atoms with Crippen LogP contribution in [0, 0.1) is 0 Å². The lowest BCUT2D eigenvalue weighted by Gasteiger charge is -2.29. The van der Waals surface area contributed by atoms with E-state index in [4.69, 9.17) is 4.74 Å². The van der Waals surface area contributed by atoms with Gasteiger partial charge in [-0.05, 0) is 56.0 Å². The molecule has 4 rings (SSSR count). The fraction of sp³-hybridized carbons (Fsp3) is 0.444. The summed E-state index contributed by atoms with van der Waals surface area (Å²) < 4.78 is 7.93. The van der Waals surface area contributed by atoms with E-state index in [1.165, 1.54) is 12.8 Å². The number of Topliss-reactive ketones (excluding diaryl/α,β-unsaturated/α-hetero) is 1. The first-order valence-electron chi connectivity index (χ1n) is 8.67. The fourth-order valence-corrected chi connectivity index (χ4v) is 3.76. The third-order valence-electron chi connectivity index (χ3n) is 4.90. The van der Waals surface area contributed by atoms with Gasteiger partial charge in [0.1, 0.15) is 11.8 Å². The Bertz CT molecular complexity index is 835. The second-order valence-corrected chi connectivity index (χ2v) is 6.63. The van der Waals surface area contributed by atoms with Crippen LogP contribution in [0.25, 0.3) is 0 Å². The van der Waals surface area contributed by atoms with Crippen LogP contribution in [-0.4, -0.2) is 32.1 Å². The molecule has 7 heteroatoms. The average Bonchev–Trinajstić information content (AvgIpc) is 3.25. The van der Waals surface area contributed by atoms with Crippen molar-refractivity contribution in [1.82, 2.24) is 20.2 Å². The lowest BCUT2D eigenvalue weighted by Crippen LogP contribution is -2.28. The summed E-state index contributed by atoms with van der Waals surface area (Å²) in [6.07, 6.45) is 4.79. The quantitative estimate of drug-likeness (QED) is 0.922. The van der Waals surface area contributed by atoms with Crippen LogP contribution < -0.4 is 10.1 Å². The van der Waals surface area contributed by atoms with Crippen LogP contribution >= 0.6 is 0 Å². The number of allylic oxidation sites excluding steroid dienone is 2. The maximum absolute atomic E-state index is 12.4. The molecule has 0 amide bonds. The van der Waals surface area contributed by atoms with E-state index in [2.05, 4.69) is 20.8 Å². The molecule has 0 spiro atoms. The first kappa shape index (κ1) is 15.8. The lowest BCUT2D eigenvalue weighted by atomic mass is 9.92. The van der Waals surface area contributed by atoms with Gasteiger partial charge < -0.3 is 10.1 Å². The Morgan fingerprint density at radius 2 is 2.04 bits per heavy atom. The molecule has 1 fully saturated rings. The van der Waals surface area contributed by atoms with Crippen molar-refractivity contribution in [2.75, 3.05) is 5.32 Å². The molecule has 130 valence electrons. The minimum atomic E-state index is -0.388. The zero-order valence-corrected chi connectivity index (χ0v) is 14.4. The van der Waals surface area contributed by atoms with Crippen molar-refractivity contribution in [3.63, 3.8) is 0 Å². The molecule has 1 aromatic heterocycles. The predicted molar refractivity (Wildman–Crippen MR) is 92.3 cm³/mol. The number of ether oxygens (including phenoxy) is 1. The van der Waals surface area contributed by atoms with E-state index in [0.29, 0.717) is 11.5 Å². The van der Waals surface area contributed by atoms with Crippen molar-refractivity contribution in [2.45, 2.75) is 51.7 Å². The number of para-hydroxylation sites is 1. The standard InChI is InChI=1S/C18H21N5O2/c1-11-16(12(2)24)17(23-18(19-11)20-21-22-23)14-9-5-6-10-15(14)25-13-7-3-4-8-13/h5-6,9-10,13,17H,3-4,7-8H2,1-2H3,(H,19,20,22)/t17-/m1/s1. The molecule has 2 heterocycles. The number of aromatic nitrogens is 4. The van der Waals surface area contributed by atoms with Crippen molar-refractivity contribution < 1.29 is 9.53 Å². The number of carbonyl (C=O) groups excluding carboxylic acids is 1. The van der Waals surface area contributed by atoms with Gasteiger partial charge in [0.05, 0.1) is 6.10 Å². The van der Waals surface area contributed by atoms with Crippen LogP contribution in [0.4, 0.5) is 5.95 Å². The van der Waals surface area contributed by atoms with Crippen molar-refractivity contribution in [3.05, 3.63) is 41.1 Å². The summed E-state index contributed by atoms with van der Waals surface area (Å²) in [4.78, 5) is 12.4. The second-order valence-electron chi connectivity index (χ2n) is 6.63. The van der Waals surface area contributed by atoms with E-state index in [0.717, 1.165) is 29.9 Å². The monoisotopic (exact) mass is 339 g/mol. The van der Waals surface area contributed by atoms with Crippen LogP contribution in [0.15, 0.2) is 35.5 Å². The molecule has 0 bridgehead atoms. The van der Waals surface area contributed by atoms with E-state index in [1.54, 1.807) is 11.6 Å². The fourth-order valence-electron chi connectivity index (χ4n) is 3.76. The van der Waals surface area contributed by atoms with Crippen LogP contribution in [-0.2, 0) is 4.79 Å². The Kier molecular flexibility index (Phi) is 3.99. The second kappa shape index (κ2) is 6.31. The number of nitrogens with one attached hydrogen (secondary N) is 1. The van der Waals surface area contributed by atoms with Crippen molar-refractivity contribution in [3.8, 4) is 5.75 Å². The van der Waals surface area contributed by atoms with Gasteiger partial charge in [-0.3, -0.25) is 4.79 Å². The van der Waals surface area contributed by atoms with E-state index < -0.39 is 0 Å². The number of tetrazole rings is 1. The molecule has 1 atom stereocenters. The number of fused-ring (bicyclic) bond motifs is 1. The normalized spacial score (nSPS) is 20.3. The Morgan fingerprint density at radius 1 is 1.28 bits per heavy atom. The molecule has 2 aliphatic rings. The number of hydrogen-bond donors (Lipinski definition) is 1. The zero-order valence-electron chi connectivity index (χ0n) is 14.4. The Balaban J connectivity index is 1.81. The molecule has 1 saturated carbocycles. The number of nitrogens with zero attached hydrogens (tertiary/aromatic N) is 4. The number of hydrogen-bond acceptors (Lipinski definition) is 6. The smallest absolute Gasteiger partial charge is 0.248 e. The van der Waals surface area contributed by atoms with Gasteiger partial charge in [-0.25, -0.2) is 0 Å². The third-order valence-corrected chi connectivity index (χ3v) is 4.90. The summed E-state index contributed by atoms with van der Waals surface area (Å²) in [5, 5.41) is 15.0. The van der Waals surface area contributed by atoms with Crippen LogP contribution in [0.1, 0.15) is 51.1 Å². The first-order valence-corrected chi connectivity index (χ1v) is 8.67. The number of carbonyl (C=O) groups is 1. The number of benzene rings is 1. The Morgan fingerprint density at radius 3 is 2.80 bits per heavy atom.